The lowest BCUT2D eigenvalue weighted by atomic mass is 10.0. The third kappa shape index (κ3) is 2.37. The number of anilines is 1. The Kier molecular flexibility index (Phi) is 3.28. The maximum Gasteiger partial charge on any atom is 0.151 e. The van der Waals surface area contributed by atoms with Crippen molar-refractivity contribution >= 4 is 5.82 Å². The number of nitrogens with one attached hydrogen (secondary N) is 2. The van der Waals surface area contributed by atoms with Crippen molar-refractivity contribution < 1.29 is 0 Å². The SMILES string of the molecule is CC(C)CNc1n[nH]c2c1CCCc1ccccc1-2. The molecule has 1 aliphatic carbocycles. The van der Waals surface area contributed by atoms with Gasteiger partial charge >= 0.3 is 0 Å². The van der Waals surface area contributed by atoms with E-state index in [1.807, 2.05) is 0 Å². The van der Waals surface area contributed by atoms with E-state index in [1.165, 1.54) is 28.8 Å². The molecule has 0 unspecified atom stereocenters. The molecule has 2 N–H and O–H groups in total. The first kappa shape index (κ1) is 12.3. The first-order chi connectivity index (χ1) is 9.25. The van der Waals surface area contributed by atoms with Gasteiger partial charge in [0.05, 0.1) is 5.69 Å². The van der Waals surface area contributed by atoms with Gasteiger partial charge in [0.1, 0.15) is 0 Å². The van der Waals surface area contributed by atoms with E-state index in [-0.39, 0.29) is 0 Å². The molecule has 0 atom stereocenters. The Morgan fingerprint density at radius 2 is 2.11 bits per heavy atom. The number of aryl methyl sites for hydroxylation is 1. The summed E-state index contributed by atoms with van der Waals surface area (Å²) in [6.07, 6.45) is 3.45. The van der Waals surface area contributed by atoms with E-state index in [2.05, 4.69) is 53.6 Å². The second-order valence-corrected chi connectivity index (χ2v) is 5.71. The number of hydrogen-bond donors (Lipinski definition) is 2. The predicted molar refractivity (Wildman–Crippen MR) is 79.4 cm³/mol. The first-order valence-electron chi connectivity index (χ1n) is 7.15. The number of fused-ring (bicyclic) bond motifs is 3. The van der Waals surface area contributed by atoms with Crippen LogP contribution in [0, 0.1) is 5.92 Å². The predicted octanol–water partition coefficient (Wildman–Crippen LogP) is 3.63. The van der Waals surface area contributed by atoms with E-state index in [4.69, 9.17) is 0 Å². The zero-order chi connectivity index (χ0) is 13.2. The molecule has 0 aliphatic heterocycles. The molecule has 1 aromatic carbocycles. The van der Waals surface area contributed by atoms with Crippen LogP contribution in [-0.4, -0.2) is 16.7 Å². The minimum Gasteiger partial charge on any atom is -0.368 e. The lowest BCUT2D eigenvalue weighted by Crippen LogP contribution is -2.09. The van der Waals surface area contributed by atoms with Crippen LogP contribution >= 0.6 is 0 Å². The van der Waals surface area contributed by atoms with Gasteiger partial charge in [0.15, 0.2) is 5.82 Å². The van der Waals surface area contributed by atoms with Crippen molar-refractivity contribution in [3.8, 4) is 11.3 Å². The topological polar surface area (TPSA) is 40.7 Å². The number of hydrogen-bond acceptors (Lipinski definition) is 2. The van der Waals surface area contributed by atoms with Crippen molar-refractivity contribution in [3.05, 3.63) is 35.4 Å². The Hall–Kier alpha value is -1.77. The molecule has 1 aromatic heterocycles. The van der Waals surface area contributed by atoms with E-state index < -0.39 is 0 Å². The van der Waals surface area contributed by atoms with Crippen LogP contribution in [0.2, 0.25) is 0 Å². The number of benzene rings is 1. The minimum atomic E-state index is 0.630. The molecular weight excluding hydrogens is 234 g/mol. The molecule has 3 rings (SSSR count). The van der Waals surface area contributed by atoms with Gasteiger partial charge in [-0.05, 0) is 30.7 Å². The standard InChI is InChI=1S/C16H21N3/c1-11(2)10-17-16-14-9-5-7-12-6-3-4-8-13(12)15(14)18-19-16/h3-4,6,8,11H,5,7,9-10H2,1-2H3,(H2,17,18,19). The van der Waals surface area contributed by atoms with Gasteiger partial charge in [0, 0.05) is 17.7 Å². The lowest BCUT2D eigenvalue weighted by Gasteiger charge is -2.08. The Labute approximate surface area is 114 Å². The second-order valence-electron chi connectivity index (χ2n) is 5.71. The fourth-order valence-corrected chi connectivity index (χ4v) is 2.72. The summed E-state index contributed by atoms with van der Waals surface area (Å²) in [5.74, 6) is 1.67. The maximum absolute atomic E-state index is 4.47. The average molecular weight is 255 g/mol. The van der Waals surface area contributed by atoms with Crippen LogP contribution in [-0.2, 0) is 12.8 Å². The molecule has 0 saturated heterocycles. The molecule has 0 bridgehead atoms. The molecule has 0 saturated carbocycles. The van der Waals surface area contributed by atoms with E-state index in [1.54, 1.807) is 0 Å². The largest absolute Gasteiger partial charge is 0.368 e. The first-order valence-corrected chi connectivity index (χ1v) is 7.15. The number of nitrogens with zero attached hydrogens (tertiary/aromatic N) is 1. The quantitative estimate of drug-likeness (QED) is 0.879. The van der Waals surface area contributed by atoms with Crippen molar-refractivity contribution in [1.82, 2.24) is 10.2 Å². The molecule has 0 spiro atoms. The maximum atomic E-state index is 4.47. The van der Waals surface area contributed by atoms with Crippen LogP contribution in [0.1, 0.15) is 31.4 Å². The monoisotopic (exact) mass is 255 g/mol. The third-order valence-corrected chi connectivity index (χ3v) is 3.70. The lowest BCUT2D eigenvalue weighted by molar-refractivity contribution is 0.685. The highest BCUT2D eigenvalue weighted by atomic mass is 15.2. The summed E-state index contributed by atoms with van der Waals surface area (Å²) in [5.41, 5.74) is 5.31. The van der Waals surface area contributed by atoms with Crippen LogP contribution in [0.25, 0.3) is 11.3 Å². The summed E-state index contributed by atoms with van der Waals surface area (Å²) in [7, 11) is 0. The summed E-state index contributed by atoms with van der Waals surface area (Å²) in [4.78, 5) is 0. The van der Waals surface area contributed by atoms with Gasteiger partial charge in [-0.25, -0.2) is 0 Å². The summed E-state index contributed by atoms with van der Waals surface area (Å²) >= 11 is 0. The molecule has 2 aromatic rings. The van der Waals surface area contributed by atoms with Crippen LogP contribution in [0.3, 0.4) is 0 Å². The van der Waals surface area contributed by atoms with Gasteiger partial charge in [0.25, 0.3) is 0 Å². The highest BCUT2D eigenvalue weighted by Crippen LogP contribution is 2.34. The molecule has 1 aliphatic rings. The van der Waals surface area contributed by atoms with Gasteiger partial charge in [-0.3, -0.25) is 5.10 Å². The zero-order valence-corrected chi connectivity index (χ0v) is 11.7. The van der Waals surface area contributed by atoms with E-state index in [9.17, 15) is 0 Å². The highest BCUT2D eigenvalue weighted by Gasteiger charge is 2.19. The van der Waals surface area contributed by atoms with E-state index in [0.717, 1.165) is 25.2 Å². The average Bonchev–Trinajstić information content (AvgIpc) is 2.71. The summed E-state index contributed by atoms with van der Waals surface area (Å²) in [6.45, 7) is 5.40. The van der Waals surface area contributed by atoms with Crippen LogP contribution in [0.5, 0.6) is 0 Å². The van der Waals surface area contributed by atoms with E-state index >= 15 is 0 Å². The number of aromatic nitrogens is 2. The zero-order valence-electron chi connectivity index (χ0n) is 11.7. The highest BCUT2D eigenvalue weighted by molar-refractivity contribution is 5.72. The molecule has 0 fully saturated rings. The van der Waals surface area contributed by atoms with Crippen molar-refractivity contribution in [3.63, 3.8) is 0 Å². The van der Waals surface area contributed by atoms with Gasteiger partial charge in [-0.2, -0.15) is 5.10 Å². The smallest absolute Gasteiger partial charge is 0.151 e. The Balaban J connectivity index is 1.97. The fraction of sp³-hybridized carbons (Fsp3) is 0.438. The summed E-state index contributed by atoms with van der Waals surface area (Å²) in [5, 5.41) is 11.2. The molecular formula is C16H21N3. The third-order valence-electron chi connectivity index (χ3n) is 3.70. The Morgan fingerprint density at radius 3 is 2.95 bits per heavy atom. The Bertz CT molecular complexity index is 569. The van der Waals surface area contributed by atoms with E-state index in [0.29, 0.717) is 5.92 Å². The van der Waals surface area contributed by atoms with Gasteiger partial charge in [-0.15, -0.1) is 0 Å². The summed E-state index contributed by atoms with van der Waals surface area (Å²) < 4.78 is 0. The number of H-pyrrole nitrogens is 1. The molecule has 3 nitrogen and oxygen atoms in total. The van der Waals surface area contributed by atoms with Gasteiger partial charge < -0.3 is 5.32 Å². The van der Waals surface area contributed by atoms with Crippen molar-refractivity contribution in [2.24, 2.45) is 5.92 Å². The molecule has 19 heavy (non-hydrogen) atoms. The molecule has 100 valence electrons. The Morgan fingerprint density at radius 1 is 1.26 bits per heavy atom. The van der Waals surface area contributed by atoms with Crippen molar-refractivity contribution in [1.29, 1.82) is 0 Å². The number of rotatable bonds is 3. The van der Waals surface area contributed by atoms with Crippen LogP contribution in [0.4, 0.5) is 5.82 Å². The van der Waals surface area contributed by atoms with Crippen LogP contribution in [0.15, 0.2) is 24.3 Å². The molecule has 0 amide bonds. The molecule has 0 radical (unpaired) electrons. The molecule has 1 heterocycles. The molecule has 3 heteroatoms. The minimum absolute atomic E-state index is 0.630. The van der Waals surface area contributed by atoms with Crippen molar-refractivity contribution in [2.75, 3.05) is 11.9 Å². The normalized spacial score (nSPS) is 13.8. The van der Waals surface area contributed by atoms with Crippen LogP contribution < -0.4 is 5.32 Å². The van der Waals surface area contributed by atoms with Gasteiger partial charge in [-0.1, -0.05) is 38.1 Å². The van der Waals surface area contributed by atoms with Gasteiger partial charge in [0.2, 0.25) is 0 Å². The van der Waals surface area contributed by atoms with Crippen molar-refractivity contribution in [2.45, 2.75) is 33.1 Å². The second kappa shape index (κ2) is 5.08. The summed E-state index contributed by atoms with van der Waals surface area (Å²) in [6, 6.07) is 8.66. The number of aromatic amines is 1. The fourth-order valence-electron chi connectivity index (χ4n) is 2.72.